The average Bonchev–Trinajstić information content (AvgIpc) is 2.39. The van der Waals surface area contributed by atoms with Gasteiger partial charge in [0.1, 0.15) is 0 Å². The Balaban J connectivity index is 1.97. The molecule has 0 aromatic heterocycles. The van der Waals surface area contributed by atoms with E-state index >= 15 is 0 Å². The zero-order valence-electron chi connectivity index (χ0n) is 10.8. The van der Waals surface area contributed by atoms with E-state index < -0.39 is 11.7 Å². The van der Waals surface area contributed by atoms with Crippen molar-refractivity contribution in [2.45, 2.75) is 24.9 Å². The molecular formula is C14H19F3N2. The van der Waals surface area contributed by atoms with Crippen LogP contribution in [0.5, 0.6) is 0 Å². The second-order valence-corrected chi connectivity index (χ2v) is 5.02. The molecule has 1 heterocycles. The van der Waals surface area contributed by atoms with E-state index in [1.54, 1.807) is 12.1 Å². The van der Waals surface area contributed by atoms with Crippen molar-refractivity contribution < 1.29 is 13.2 Å². The third-order valence-electron chi connectivity index (χ3n) is 3.74. The summed E-state index contributed by atoms with van der Waals surface area (Å²) in [6.07, 6.45) is -2.26. The minimum Gasteiger partial charge on any atom is -0.329 e. The first-order valence-electron chi connectivity index (χ1n) is 6.60. The monoisotopic (exact) mass is 272 g/mol. The Labute approximate surface area is 111 Å². The molecule has 1 aromatic carbocycles. The van der Waals surface area contributed by atoms with Gasteiger partial charge in [-0.25, -0.2) is 0 Å². The summed E-state index contributed by atoms with van der Waals surface area (Å²) >= 11 is 0. The van der Waals surface area contributed by atoms with Crippen LogP contribution >= 0.6 is 0 Å². The number of rotatable bonds is 3. The van der Waals surface area contributed by atoms with Crippen LogP contribution in [-0.2, 0) is 6.18 Å². The molecule has 2 rings (SSSR count). The summed E-state index contributed by atoms with van der Waals surface area (Å²) < 4.78 is 37.4. The molecule has 0 spiro atoms. The Morgan fingerprint density at radius 3 is 2.16 bits per heavy atom. The highest BCUT2D eigenvalue weighted by Crippen LogP contribution is 2.32. The molecular weight excluding hydrogens is 253 g/mol. The molecule has 0 bridgehead atoms. The number of likely N-dealkylation sites (tertiary alicyclic amines) is 1. The normalized spacial score (nSPS) is 18.7. The van der Waals surface area contributed by atoms with Crippen molar-refractivity contribution in [1.82, 2.24) is 4.90 Å². The number of nitrogens with two attached hydrogens (primary N) is 1. The fourth-order valence-electron chi connectivity index (χ4n) is 2.62. The van der Waals surface area contributed by atoms with E-state index in [0.717, 1.165) is 38.0 Å². The van der Waals surface area contributed by atoms with E-state index in [1.807, 2.05) is 0 Å². The third kappa shape index (κ3) is 3.70. The van der Waals surface area contributed by atoms with Crippen LogP contribution in [0, 0.1) is 0 Å². The maximum absolute atomic E-state index is 12.5. The third-order valence-corrected chi connectivity index (χ3v) is 3.74. The maximum Gasteiger partial charge on any atom is 0.416 e. The topological polar surface area (TPSA) is 29.3 Å². The van der Waals surface area contributed by atoms with Gasteiger partial charge in [0.15, 0.2) is 0 Å². The highest BCUT2D eigenvalue weighted by atomic mass is 19.4. The van der Waals surface area contributed by atoms with E-state index in [2.05, 4.69) is 4.90 Å². The van der Waals surface area contributed by atoms with Gasteiger partial charge in [-0.1, -0.05) is 12.1 Å². The summed E-state index contributed by atoms with van der Waals surface area (Å²) in [5, 5.41) is 0. The number of hydrogen-bond donors (Lipinski definition) is 1. The van der Waals surface area contributed by atoms with Gasteiger partial charge in [-0.3, -0.25) is 0 Å². The number of hydrogen-bond acceptors (Lipinski definition) is 2. The first kappa shape index (κ1) is 14.3. The maximum atomic E-state index is 12.5. The molecule has 19 heavy (non-hydrogen) atoms. The smallest absolute Gasteiger partial charge is 0.329 e. The minimum atomic E-state index is -4.25. The number of benzene rings is 1. The second-order valence-electron chi connectivity index (χ2n) is 5.02. The van der Waals surface area contributed by atoms with Crippen LogP contribution in [0.4, 0.5) is 13.2 Å². The highest BCUT2D eigenvalue weighted by molar-refractivity contribution is 5.27. The molecule has 1 aliphatic heterocycles. The van der Waals surface area contributed by atoms with Gasteiger partial charge in [0, 0.05) is 13.1 Å². The quantitative estimate of drug-likeness (QED) is 0.916. The first-order chi connectivity index (χ1) is 9.00. The fourth-order valence-corrected chi connectivity index (χ4v) is 2.62. The van der Waals surface area contributed by atoms with Crippen LogP contribution < -0.4 is 5.73 Å². The molecule has 1 aromatic rings. The van der Waals surface area contributed by atoms with Gasteiger partial charge >= 0.3 is 6.18 Å². The summed E-state index contributed by atoms with van der Waals surface area (Å²) in [4.78, 5) is 2.31. The molecule has 0 radical (unpaired) electrons. The summed E-state index contributed by atoms with van der Waals surface area (Å²) in [6, 6.07) is 5.60. The van der Waals surface area contributed by atoms with E-state index in [1.165, 1.54) is 12.1 Å². The summed E-state index contributed by atoms with van der Waals surface area (Å²) in [5.74, 6) is 0.372. The molecule has 0 amide bonds. The predicted octanol–water partition coefficient (Wildman–Crippen LogP) is 2.84. The van der Waals surface area contributed by atoms with E-state index in [4.69, 9.17) is 5.73 Å². The van der Waals surface area contributed by atoms with Gasteiger partial charge in [-0.05, 0) is 49.5 Å². The molecule has 1 aliphatic rings. The fraction of sp³-hybridized carbons (Fsp3) is 0.571. The zero-order chi connectivity index (χ0) is 13.9. The van der Waals surface area contributed by atoms with Crippen LogP contribution in [0.15, 0.2) is 24.3 Å². The Kier molecular flexibility index (Phi) is 4.47. The number of halogens is 3. The van der Waals surface area contributed by atoms with Crippen molar-refractivity contribution >= 4 is 0 Å². The Bertz CT molecular complexity index is 392. The van der Waals surface area contributed by atoms with Gasteiger partial charge in [-0.2, -0.15) is 13.2 Å². The predicted molar refractivity (Wildman–Crippen MR) is 68.9 cm³/mol. The second kappa shape index (κ2) is 5.92. The van der Waals surface area contributed by atoms with E-state index in [9.17, 15) is 13.2 Å². The molecule has 1 fully saturated rings. The zero-order valence-corrected chi connectivity index (χ0v) is 10.8. The van der Waals surface area contributed by atoms with Crippen LogP contribution in [-0.4, -0.2) is 31.1 Å². The van der Waals surface area contributed by atoms with Crippen molar-refractivity contribution in [3.8, 4) is 0 Å². The number of piperidine rings is 1. The molecule has 0 aliphatic carbocycles. The molecule has 0 saturated carbocycles. The Morgan fingerprint density at radius 2 is 1.68 bits per heavy atom. The lowest BCUT2D eigenvalue weighted by Gasteiger charge is -2.31. The van der Waals surface area contributed by atoms with Crippen molar-refractivity contribution in [2.24, 2.45) is 5.73 Å². The van der Waals surface area contributed by atoms with E-state index in [-0.39, 0.29) is 0 Å². The lowest BCUT2D eigenvalue weighted by atomic mass is 9.89. The molecule has 0 unspecified atom stereocenters. The van der Waals surface area contributed by atoms with Gasteiger partial charge in [-0.15, -0.1) is 0 Å². The number of nitrogens with zero attached hydrogens (tertiary/aromatic N) is 1. The van der Waals surface area contributed by atoms with Crippen molar-refractivity contribution in [2.75, 3.05) is 26.2 Å². The summed E-state index contributed by atoms with van der Waals surface area (Å²) in [5.41, 5.74) is 5.96. The molecule has 2 N–H and O–H groups in total. The van der Waals surface area contributed by atoms with Crippen LogP contribution in [0.2, 0.25) is 0 Å². The standard InChI is InChI=1S/C14H19F3N2/c15-14(16,17)13-3-1-11(2-4-13)12-5-8-19(9-6-12)10-7-18/h1-4,12H,5-10,18H2. The SMILES string of the molecule is NCCN1CCC(c2ccc(C(F)(F)F)cc2)CC1. The van der Waals surface area contributed by atoms with Gasteiger partial charge < -0.3 is 10.6 Å². The molecule has 0 atom stereocenters. The van der Waals surface area contributed by atoms with Crippen molar-refractivity contribution in [3.63, 3.8) is 0 Å². The van der Waals surface area contributed by atoms with Crippen LogP contribution in [0.1, 0.15) is 29.9 Å². The molecule has 2 nitrogen and oxygen atoms in total. The highest BCUT2D eigenvalue weighted by Gasteiger charge is 2.30. The van der Waals surface area contributed by atoms with Crippen molar-refractivity contribution in [1.29, 1.82) is 0 Å². The largest absolute Gasteiger partial charge is 0.416 e. The lowest BCUT2D eigenvalue weighted by Crippen LogP contribution is -2.36. The molecule has 1 saturated heterocycles. The van der Waals surface area contributed by atoms with Crippen molar-refractivity contribution in [3.05, 3.63) is 35.4 Å². The first-order valence-corrected chi connectivity index (χ1v) is 6.60. The Morgan fingerprint density at radius 1 is 1.11 bits per heavy atom. The number of alkyl halides is 3. The average molecular weight is 272 g/mol. The summed E-state index contributed by atoms with van der Waals surface area (Å²) in [7, 11) is 0. The molecule has 5 heteroatoms. The van der Waals surface area contributed by atoms with Gasteiger partial charge in [0.2, 0.25) is 0 Å². The minimum absolute atomic E-state index is 0.372. The Hall–Kier alpha value is -1.07. The lowest BCUT2D eigenvalue weighted by molar-refractivity contribution is -0.137. The molecule has 106 valence electrons. The van der Waals surface area contributed by atoms with Gasteiger partial charge in [0.25, 0.3) is 0 Å². The van der Waals surface area contributed by atoms with Crippen LogP contribution in [0.25, 0.3) is 0 Å². The van der Waals surface area contributed by atoms with Gasteiger partial charge in [0.05, 0.1) is 5.56 Å². The van der Waals surface area contributed by atoms with E-state index in [0.29, 0.717) is 12.5 Å². The summed E-state index contributed by atoms with van der Waals surface area (Å²) in [6.45, 7) is 3.51. The van der Waals surface area contributed by atoms with Crippen LogP contribution in [0.3, 0.4) is 0 Å².